The van der Waals surface area contributed by atoms with Crippen LogP contribution in [0.15, 0.2) is 35.8 Å². The Hall–Kier alpha value is -1.33. The number of nitrogens with zero attached hydrogens (tertiary/aromatic N) is 3. The molecule has 0 atom stereocenters. The van der Waals surface area contributed by atoms with E-state index in [0.717, 1.165) is 29.2 Å². The van der Waals surface area contributed by atoms with Crippen LogP contribution in [-0.4, -0.2) is 9.38 Å². The molecule has 5 heteroatoms. The van der Waals surface area contributed by atoms with Crippen LogP contribution in [0.4, 0.5) is 5.82 Å². The van der Waals surface area contributed by atoms with Crippen LogP contribution in [0.25, 0.3) is 4.96 Å². The Morgan fingerprint density at radius 1 is 1.21 bits per heavy atom. The number of thiazole rings is 1. The largest absolute Gasteiger partial charge is 0.346 e. The maximum absolute atomic E-state index is 4.79. The Morgan fingerprint density at radius 2 is 1.95 bits per heavy atom. The van der Waals surface area contributed by atoms with Gasteiger partial charge in [-0.1, -0.05) is 40.2 Å². The van der Waals surface area contributed by atoms with Gasteiger partial charge in [0, 0.05) is 30.0 Å². The second-order valence-electron chi connectivity index (χ2n) is 4.70. The van der Waals surface area contributed by atoms with Crippen molar-refractivity contribution in [2.75, 3.05) is 4.90 Å². The van der Waals surface area contributed by atoms with E-state index in [4.69, 9.17) is 4.98 Å². The molecule has 0 bridgehead atoms. The molecule has 0 radical (unpaired) electrons. The van der Waals surface area contributed by atoms with Gasteiger partial charge in [-0.3, -0.25) is 4.40 Å². The highest BCUT2D eigenvalue weighted by molar-refractivity contribution is 9.08. The van der Waals surface area contributed by atoms with Gasteiger partial charge in [0.15, 0.2) is 10.8 Å². The average Bonchev–Trinajstić information content (AvgIpc) is 3.10. The lowest BCUT2D eigenvalue weighted by molar-refractivity contribution is 0.855. The molecule has 0 saturated carbocycles. The van der Waals surface area contributed by atoms with Crippen LogP contribution in [0.1, 0.15) is 16.8 Å². The Labute approximate surface area is 123 Å². The highest BCUT2D eigenvalue weighted by Crippen LogP contribution is 2.32. The molecule has 3 aromatic rings. The molecule has 0 amide bonds. The van der Waals surface area contributed by atoms with E-state index < -0.39 is 0 Å². The van der Waals surface area contributed by atoms with Gasteiger partial charge in [-0.25, -0.2) is 4.98 Å². The highest BCUT2D eigenvalue weighted by atomic mass is 79.9. The molecule has 3 heterocycles. The fourth-order valence-electron chi connectivity index (χ4n) is 2.68. The number of benzene rings is 1. The van der Waals surface area contributed by atoms with Gasteiger partial charge < -0.3 is 4.90 Å². The quantitative estimate of drug-likeness (QED) is 0.665. The van der Waals surface area contributed by atoms with Gasteiger partial charge >= 0.3 is 0 Å². The zero-order valence-electron chi connectivity index (χ0n) is 10.2. The molecule has 0 saturated heterocycles. The third-order valence-electron chi connectivity index (χ3n) is 3.61. The van der Waals surface area contributed by atoms with E-state index in [2.05, 4.69) is 61.1 Å². The van der Waals surface area contributed by atoms with Crippen molar-refractivity contribution in [1.82, 2.24) is 9.38 Å². The van der Waals surface area contributed by atoms with Gasteiger partial charge in [0.2, 0.25) is 0 Å². The van der Waals surface area contributed by atoms with E-state index in [9.17, 15) is 0 Å². The first-order valence-corrected chi connectivity index (χ1v) is 8.19. The second kappa shape index (κ2) is 4.35. The van der Waals surface area contributed by atoms with Crippen LogP contribution in [0.2, 0.25) is 0 Å². The van der Waals surface area contributed by atoms with E-state index in [1.165, 1.54) is 16.8 Å². The van der Waals surface area contributed by atoms with Crippen LogP contribution >= 0.6 is 27.3 Å². The molecule has 0 spiro atoms. The van der Waals surface area contributed by atoms with Crippen molar-refractivity contribution < 1.29 is 0 Å². The van der Waals surface area contributed by atoms with Crippen LogP contribution in [0, 0.1) is 0 Å². The fraction of sp³-hybridized carbons (Fsp3) is 0.214. The van der Waals surface area contributed by atoms with Gasteiger partial charge in [0.05, 0.1) is 5.69 Å². The number of halogens is 1. The number of hydrogen-bond donors (Lipinski definition) is 0. The molecule has 0 N–H and O–H groups in total. The molecular weight excluding hydrogens is 322 g/mol. The minimum Gasteiger partial charge on any atom is -0.346 e. The Bertz CT molecular complexity index is 721. The molecule has 0 fully saturated rings. The molecule has 0 unspecified atom stereocenters. The first kappa shape index (κ1) is 11.5. The third kappa shape index (κ3) is 1.72. The predicted octanol–water partition coefficient (Wildman–Crippen LogP) is 3.81. The summed E-state index contributed by atoms with van der Waals surface area (Å²) in [5, 5.41) is 2.91. The maximum Gasteiger partial charge on any atom is 0.195 e. The highest BCUT2D eigenvalue weighted by Gasteiger charge is 2.24. The minimum absolute atomic E-state index is 0.826. The average molecular weight is 334 g/mol. The SMILES string of the molecule is BrCc1c(N2Cc3ccccc3C2)nc2sccn12. The number of fused-ring (bicyclic) bond motifs is 2. The van der Waals surface area contributed by atoms with Crippen molar-refractivity contribution in [3.63, 3.8) is 0 Å². The summed E-state index contributed by atoms with van der Waals surface area (Å²) in [6.07, 6.45) is 2.09. The molecule has 2 aromatic heterocycles. The molecule has 4 rings (SSSR count). The smallest absolute Gasteiger partial charge is 0.195 e. The fourth-order valence-corrected chi connectivity index (χ4v) is 3.93. The molecule has 1 aromatic carbocycles. The van der Waals surface area contributed by atoms with Gasteiger partial charge in [-0.15, -0.1) is 11.3 Å². The van der Waals surface area contributed by atoms with Crippen molar-refractivity contribution in [2.24, 2.45) is 0 Å². The number of alkyl halides is 1. The summed E-state index contributed by atoms with van der Waals surface area (Å²) < 4.78 is 2.18. The summed E-state index contributed by atoms with van der Waals surface area (Å²) in [6.45, 7) is 1.92. The van der Waals surface area contributed by atoms with E-state index >= 15 is 0 Å². The summed E-state index contributed by atoms with van der Waals surface area (Å²) in [4.78, 5) is 8.22. The Morgan fingerprint density at radius 3 is 2.63 bits per heavy atom. The molecule has 1 aliphatic heterocycles. The molecular formula is C14H12BrN3S. The van der Waals surface area contributed by atoms with Crippen LogP contribution < -0.4 is 4.90 Å². The molecule has 96 valence electrons. The van der Waals surface area contributed by atoms with Crippen LogP contribution in [0.3, 0.4) is 0 Å². The zero-order chi connectivity index (χ0) is 12.8. The van der Waals surface area contributed by atoms with E-state index in [-0.39, 0.29) is 0 Å². The lowest BCUT2D eigenvalue weighted by atomic mass is 10.1. The lowest BCUT2D eigenvalue weighted by Gasteiger charge is -2.15. The zero-order valence-corrected chi connectivity index (χ0v) is 12.6. The topological polar surface area (TPSA) is 20.5 Å². The first-order chi connectivity index (χ1) is 9.36. The molecule has 1 aliphatic rings. The number of anilines is 1. The van der Waals surface area contributed by atoms with Crippen molar-refractivity contribution >= 4 is 38.0 Å². The number of imidazole rings is 1. The lowest BCUT2D eigenvalue weighted by Crippen LogP contribution is -2.16. The van der Waals surface area contributed by atoms with Crippen LogP contribution in [0.5, 0.6) is 0 Å². The van der Waals surface area contributed by atoms with E-state index in [1.54, 1.807) is 11.3 Å². The summed E-state index contributed by atoms with van der Waals surface area (Å²) in [6, 6.07) is 8.64. The van der Waals surface area contributed by atoms with Crippen LogP contribution in [-0.2, 0) is 18.4 Å². The summed E-state index contributed by atoms with van der Waals surface area (Å²) >= 11 is 5.28. The molecule has 0 aliphatic carbocycles. The van der Waals surface area contributed by atoms with Gasteiger partial charge in [0.25, 0.3) is 0 Å². The van der Waals surface area contributed by atoms with Gasteiger partial charge in [-0.2, -0.15) is 0 Å². The predicted molar refractivity (Wildman–Crippen MR) is 82.0 cm³/mol. The van der Waals surface area contributed by atoms with Crippen molar-refractivity contribution in [3.8, 4) is 0 Å². The number of hydrogen-bond acceptors (Lipinski definition) is 3. The number of rotatable bonds is 2. The Kier molecular flexibility index (Phi) is 2.63. The van der Waals surface area contributed by atoms with E-state index in [1.807, 2.05) is 0 Å². The standard InChI is InChI=1S/C14H12BrN3S/c15-7-12-13(16-14-18(12)5-6-19-14)17-8-10-3-1-2-4-11(10)9-17/h1-6H,7-9H2. The van der Waals surface area contributed by atoms with E-state index in [0.29, 0.717) is 0 Å². The Balaban J connectivity index is 1.78. The first-order valence-electron chi connectivity index (χ1n) is 6.19. The summed E-state index contributed by atoms with van der Waals surface area (Å²) in [7, 11) is 0. The van der Waals surface area contributed by atoms with Crippen molar-refractivity contribution in [1.29, 1.82) is 0 Å². The van der Waals surface area contributed by atoms with Gasteiger partial charge in [-0.05, 0) is 11.1 Å². The summed E-state index contributed by atoms with van der Waals surface area (Å²) in [5.74, 6) is 1.11. The normalized spacial score (nSPS) is 14.3. The third-order valence-corrected chi connectivity index (χ3v) is 4.89. The molecule has 19 heavy (non-hydrogen) atoms. The van der Waals surface area contributed by atoms with Gasteiger partial charge in [0.1, 0.15) is 0 Å². The van der Waals surface area contributed by atoms with Crippen molar-refractivity contribution in [2.45, 2.75) is 18.4 Å². The molecule has 3 nitrogen and oxygen atoms in total. The number of aromatic nitrogens is 2. The second-order valence-corrected chi connectivity index (χ2v) is 6.13. The monoisotopic (exact) mass is 333 g/mol. The minimum atomic E-state index is 0.826. The maximum atomic E-state index is 4.79. The summed E-state index contributed by atoms with van der Waals surface area (Å²) in [5.41, 5.74) is 4.07. The van der Waals surface area contributed by atoms with Crippen molar-refractivity contribution in [3.05, 3.63) is 52.7 Å².